The minimum absolute atomic E-state index is 0.175. The molecule has 0 radical (unpaired) electrons. The van der Waals surface area contributed by atoms with Crippen LogP contribution in [-0.4, -0.2) is 20.1 Å². The van der Waals surface area contributed by atoms with Gasteiger partial charge in [0.1, 0.15) is 9.26 Å². The summed E-state index contributed by atoms with van der Waals surface area (Å²) in [5, 5.41) is 9.45. The Morgan fingerprint density at radius 2 is 2.25 bits per heavy atom. The number of halogens is 1. The van der Waals surface area contributed by atoms with Gasteiger partial charge in [-0.2, -0.15) is 4.98 Å². The van der Waals surface area contributed by atoms with Crippen LogP contribution in [0.2, 0.25) is 0 Å². The Morgan fingerprint density at radius 1 is 1.50 bits per heavy atom. The fraction of sp³-hybridized carbons (Fsp3) is 0.100. The van der Waals surface area contributed by atoms with Crippen molar-refractivity contribution in [3.8, 4) is 17.4 Å². The number of aryl methyl sites for hydroxylation is 1. The highest BCUT2D eigenvalue weighted by Crippen LogP contribution is 2.17. The van der Waals surface area contributed by atoms with E-state index in [9.17, 15) is 9.90 Å². The number of aromatic nitrogens is 3. The van der Waals surface area contributed by atoms with Crippen LogP contribution in [-0.2, 0) is 0 Å². The first-order valence-electron chi connectivity index (χ1n) is 4.50. The molecule has 0 bridgehead atoms. The van der Waals surface area contributed by atoms with Crippen molar-refractivity contribution in [1.29, 1.82) is 0 Å². The number of nitrogens with zero attached hydrogens (tertiary/aromatic N) is 2. The van der Waals surface area contributed by atoms with Gasteiger partial charge >= 0.3 is 0 Å². The van der Waals surface area contributed by atoms with Gasteiger partial charge in [-0.25, -0.2) is 0 Å². The van der Waals surface area contributed by atoms with Crippen molar-refractivity contribution in [2.24, 2.45) is 0 Å². The summed E-state index contributed by atoms with van der Waals surface area (Å²) >= 11 is 1.73. The van der Waals surface area contributed by atoms with E-state index >= 15 is 0 Å². The van der Waals surface area contributed by atoms with E-state index in [0.717, 1.165) is 5.56 Å². The standard InChI is InChI=1S/C10H8IN3O2/c1-5-2-3-12-6(4-5)8-13-9(15)7(11)10(16)14-8/h2-4H,1H3,(H2,13,14,15,16). The summed E-state index contributed by atoms with van der Waals surface area (Å²) in [6.45, 7) is 1.91. The highest BCUT2D eigenvalue weighted by atomic mass is 127. The van der Waals surface area contributed by atoms with Crippen molar-refractivity contribution >= 4 is 22.6 Å². The van der Waals surface area contributed by atoms with Gasteiger partial charge in [0.25, 0.3) is 5.56 Å². The van der Waals surface area contributed by atoms with E-state index in [1.165, 1.54) is 0 Å². The van der Waals surface area contributed by atoms with Gasteiger partial charge in [0.05, 0.1) is 0 Å². The average Bonchev–Trinajstić information content (AvgIpc) is 2.25. The van der Waals surface area contributed by atoms with Crippen molar-refractivity contribution in [3.63, 3.8) is 0 Å². The van der Waals surface area contributed by atoms with Crippen molar-refractivity contribution < 1.29 is 5.11 Å². The Morgan fingerprint density at radius 3 is 2.88 bits per heavy atom. The van der Waals surface area contributed by atoms with E-state index in [1.807, 2.05) is 13.0 Å². The Bertz CT molecular complexity index is 595. The van der Waals surface area contributed by atoms with Crippen LogP contribution < -0.4 is 5.56 Å². The van der Waals surface area contributed by atoms with Gasteiger partial charge in [-0.05, 0) is 47.2 Å². The number of aromatic hydroxyl groups is 1. The summed E-state index contributed by atoms with van der Waals surface area (Å²) in [5.41, 5.74) is 1.17. The lowest BCUT2D eigenvalue weighted by molar-refractivity contribution is 0.447. The van der Waals surface area contributed by atoms with E-state index in [2.05, 4.69) is 15.0 Å². The second kappa shape index (κ2) is 4.20. The molecule has 0 atom stereocenters. The van der Waals surface area contributed by atoms with Gasteiger partial charge in [-0.1, -0.05) is 0 Å². The van der Waals surface area contributed by atoms with E-state index in [-0.39, 0.29) is 20.8 Å². The van der Waals surface area contributed by atoms with Crippen molar-refractivity contribution in [3.05, 3.63) is 37.8 Å². The number of rotatable bonds is 1. The van der Waals surface area contributed by atoms with Crippen LogP contribution in [0, 0.1) is 10.5 Å². The number of H-pyrrole nitrogens is 1. The SMILES string of the molecule is Cc1ccnc(-c2nc(O)c(I)c(=O)[nH]2)c1. The molecular weight excluding hydrogens is 321 g/mol. The smallest absolute Gasteiger partial charge is 0.268 e. The van der Waals surface area contributed by atoms with Crippen LogP contribution in [0.5, 0.6) is 5.88 Å². The van der Waals surface area contributed by atoms with Gasteiger partial charge in [-0.15, -0.1) is 0 Å². The molecule has 0 aliphatic heterocycles. The minimum atomic E-state index is -0.369. The normalized spacial score (nSPS) is 10.4. The van der Waals surface area contributed by atoms with Crippen molar-refractivity contribution in [1.82, 2.24) is 15.0 Å². The quantitative estimate of drug-likeness (QED) is 0.776. The largest absolute Gasteiger partial charge is 0.492 e. The van der Waals surface area contributed by atoms with Gasteiger partial charge in [0.2, 0.25) is 5.88 Å². The molecule has 2 heterocycles. The van der Waals surface area contributed by atoms with Crippen LogP contribution in [0.15, 0.2) is 23.1 Å². The molecule has 0 aliphatic rings. The van der Waals surface area contributed by atoms with E-state index in [1.54, 1.807) is 34.9 Å². The lowest BCUT2D eigenvalue weighted by atomic mass is 10.2. The summed E-state index contributed by atoms with van der Waals surface area (Å²) in [5.74, 6) is -0.00530. The third-order valence-corrected chi connectivity index (χ3v) is 2.98. The molecule has 0 unspecified atom stereocenters. The predicted molar refractivity (Wildman–Crippen MR) is 67.2 cm³/mol. The van der Waals surface area contributed by atoms with Gasteiger partial charge in [-0.3, -0.25) is 9.78 Å². The Kier molecular flexibility index (Phi) is 2.90. The monoisotopic (exact) mass is 329 g/mol. The maximum Gasteiger partial charge on any atom is 0.268 e. The molecule has 6 heteroatoms. The van der Waals surface area contributed by atoms with Crippen LogP contribution in [0.25, 0.3) is 11.5 Å². The van der Waals surface area contributed by atoms with Crippen LogP contribution >= 0.6 is 22.6 Å². The topological polar surface area (TPSA) is 78.9 Å². The second-order valence-electron chi connectivity index (χ2n) is 3.27. The predicted octanol–water partition coefficient (Wildman–Crippen LogP) is 1.45. The summed E-state index contributed by atoms with van der Waals surface area (Å²) in [7, 11) is 0. The Hall–Kier alpha value is -1.44. The first-order valence-corrected chi connectivity index (χ1v) is 5.57. The molecule has 0 fully saturated rings. The molecule has 0 saturated carbocycles. The lowest BCUT2D eigenvalue weighted by Gasteiger charge is -2.02. The molecular formula is C10H8IN3O2. The molecule has 16 heavy (non-hydrogen) atoms. The van der Waals surface area contributed by atoms with Crippen LogP contribution in [0.3, 0.4) is 0 Å². The maximum absolute atomic E-state index is 11.4. The van der Waals surface area contributed by atoms with Gasteiger partial charge in [0.15, 0.2) is 5.82 Å². The zero-order chi connectivity index (χ0) is 11.7. The molecule has 2 N–H and O–H groups in total. The third kappa shape index (κ3) is 2.06. The van der Waals surface area contributed by atoms with Gasteiger partial charge < -0.3 is 10.1 Å². The molecule has 82 valence electrons. The second-order valence-corrected chi connectivity index (χ2v) is 4.35. The summed E-state index contributed by atoms with van der Waals surface area (Å²) in [4.78, 5) is 21.9. The van der Waals surface area contributed by atoms with Crippen molar-refractivity contribution in [2.45, 2.75) is 6.92 Å². The molecule has 2 rings (SSSR count). The maximum atomic E-state index is 11.4. The van der Waals surface area contributed by atoms with Crippen LogP contribution in [0.1, 0.15) is 5.56 Å². The molecule has 2 aromatic heterocycles. The number of pyridine rings is 1. The Balaban J connectivity index is 2.61. The zero-order valence-electron chi connectivity index (χ0n) is 8.36. The minimum Gasteiger partial charge on any atom is -0.492 e. The molecule has 0 aliphatic carbocycles. The van der Waals surface area contributed by atoms with E-state index in [0.29, 0.717) is 5.69 Å². The summed E-state index contributed by atoms with van der Waals surface area (Å²) in [6.07, 6.45) is 1.62. The molecule has 0 saturated heterocycles. The summed E-state index contributed by atoms with van der Waals surface area (Å²) < 4.78 is 0.175. The molecule has 5 nitrogen and oxygen atoms in total. The van der Waals surface area contributed by atoms with Crippen LogP contribution in [0.4, 0.5) is 0 Å². The van der Waals surface area contributed by atoms with Gasteiger partial charge in [0, 0.05) is 6.20 Å². The Labute approximate surface area is 105 Å². The van der Waals surface area contributed by atoms with Crippen molar-refractivity contribution in [2.75, 3.05) is 0 Å². The number of aromatic amines is 1. The first-order chi connectivity index (χ1) is 7.58. The molecule has 0 spiro atoms. The number of hydrogen-bond acceptors (Lipinski definition) is 4. The first kappa shape index (κ1) is 11.1. The number of hydrogen-bond donors (Lipinski definition) is 2. The average molecular weight is 329 g/mol. The molecule has 2 aromatic rings. The third-order valence-electron chi connectivity index (χ3n) is 2.00. The zero-order valence-corrected chi connectivity index (χ0v) is 10.5. The fourth-order valence-corrected chi connectivity index (χ4v) is 1.49. The van der Waals surface area contributed by atoms with E-state index in [4.69, 9.17) is 0 Å². The molecule has 0 amide bonds. The fourth-order valence-electron chi connectivity index (χ4n) is 1.23. The highest BCUT2D eigenvalue weighted by Gasteiger charge is 2.09. The summed E-state index contributed by atoms with van der Waals surface area (Å²) in [6, 6.07) is 3.62. The highest BCUT2D eigenvalue weighted by molar-refractivity contribution is 14.1. The molecule has 0 aromatic carbocycles. The number of nitrogens with one attached hydrogen (secondary N) is 1. The lowest BCUT2D eigenvalue weighted by Crippen LogP contribution is -2.12. The van der Waals surface area contributed by atoms with E-state index < -0.39 is 0 Å².